The normalized spacial score (nSPS) is 12.9. The minimum atomic E-state index is -4.66. The molecule has 24 heavy (non-hydrogen) atoms. The Hall–Kier alpha value is -2.12. The molecule has 0 aliphatic rings. The topological polar surface area (TPSA) is 46.6 Å². The first-order valence-electron chi connectivity index (χ1n) is 7.23. The average Bonchev–Trinajstić information content (AvgIpc) is 2.49. The van der Waals surface area contributed by atoms with Crippen LogP contribution in [0.5, 0.6) is 5.75 Å². The first kappa shape index (κ1) is 19.9. The quantitative estimate of drug-likeness (QED) is 0.449. The Bertz CT molecular complexity index is 614. The molecular formula is C16H19F4NO3. The summed E-state index contributed by atoms with van der Waals surface area (Å²) < 4.78 is 56.6. The fraction of sp³-hybridized carbons (Fsp3) is 0.500. The second-order valence-corrected chi connectivity index (χ2v) is 5.71. The monoisotopic (exact) mass is 349 g/mol. The van der Waals surface area contributed by atoms with Gasteiger partial charge in [-0.25, -0.2) is 4.39 Å². The summed E-state index contributed by atoms with van der Waals surface area (Å²) in [5.74, 6) is -3.79. The number of alkyl halides is 3. The molecule has 0 aromatic heterocycles. The van der Waals surface area contributed by atoms with Gasteiger partial charge in [-0.1, -0.05) is 13.8 Å². The number of hydrogen-bond acceptors (Lipinski definition) is 3. The van der Waals surface area contributed by atoms with Crippen LogP contribution in [0.1, 0.15) is 31.1 Å². The van der Waals surface area contributed by atoms with E-state index in [1.165, 1.54) is 14.0 Å². The van der Waals surface area contributed by atoms with Gasteiger partial charge in [0.05, 0.1) is 12.7 Å². The Morgan fingerprint density at radius 3 is 2.25 bits per heavy atom. The summed E-state index contributed by atoms with van der Waals surface area (Å²) in [4.78, 5) is 25.1. The van der Waals surface area contributed by atoms with E-state index in [9.17, 15) is 27.2 Å². The van der Waals surface area contributed by atoms with Gasteiger partial charge in [-0.15, -0.1) is 0 Å². The van der Waals surface area contributed by atoms with Crippen molar-refractivity contribution in [3.8, 4) is 5.75 Å². The molecule has 0 fully saturated rings. The smallest absolute Gasteiger partial charge is 0.406 e. The van der Waals surface area contributed by atoms with Crippen LogP contribution in [0.4, 0.5) is 17.6 Å². The van der Waals surface area contributed by atoms with Crippen molar-refractivity contribution < 1.29 is 31.9 Å². The zero-order valence-corrected chi connectivity index (χ0v) is 13.8. The SMILES string of the molecule is COc1ccc(F)cc1C(=O)C(=O)N(CC(F)(F)F)[C@@H](C)C(C)C. The number of benzene rings is 1. The zero-order valence-electron chi connectivity index (χ0n) is 13.8. The molecule has 0 aliphatic carbocycles. The minimum Gasteiger partial charge on any atom is -0.496 e. The molecule has 1 aromatic carbocycles. The number of ether oxygens (including phenoxy) is 1. The Balaban J connectivity index is 3.23. The second-order valence-electron chi connectivity index (χ2n) is 5.71. The summed E-state index contributed by atoms with van der Waals surface area (Å²) in [6.07, 6.45) is -4.66. The van der Waals surface area contributed by atoms with Gasteiger partial charge in [0.25, 0.3) is 11.7 Å². The summed E-state index contributed by atoms with van der Waals surface area (Å²) in [5, 5.41) is 0. The average molecular weight is 349 g/mol. The van der Waals surface area contributed by atoms with E-state index in [-0.39, 0.29) is 11.7 Å². The third kappa shape index (κ3) is 4.94. The molecule has 8 heteroatoms. The van der Waals surface area contributed by atoms with Gasteiger partial charge in [0.15, 0.2) is 0 Å². The number of halogens is 4. The number of nitrogens with zero attached hydrogens (tertiary/aromatic N) is 1. The van der Waals surface area contributed by atoms with Crippen molar-refractivity contribution in [2.24, 2.45) is 5.92 Å². The Morgan fingerprint density at radius 1 is 1.21 bits per heavy atom. The van der Waals surface area contributed by atoms with Gasteiger partial charge in [0.2, 0.25) is 0 Å². The predicted octanol–water partition coefficient (Wildman–Crippen LogP) is 3.45. The highest BCUT2D eigenvalue weighted by molar-refractivity contribution is 6.43. The van der Waals surface area contributed by atoms with Crippen LogP contribution in [0, 0.1) is 11.7 Å². The third-order valence-electron chi connectivity index (χ3n) is 3.67. The van der Waals surface area contributed by atoms with Crippen LogP contribution < -0.4 is 4.74 Å². The van der Waals surface area contributed by atoms with E-state index in [2.05, 4.69) is 0 Å². The Kier molecular flexibility index (Phi) is 6.34. The minimum absolute atomic E-state index is 0.0843. The van der Waals surface area contributed by atoms with Crippen molar-refractivity contribution in [2.45, 2.75) is 33.0 Å². The Labute approximate surface area is 137 Å². The molecule has 0 aliphatic heterocycles. The standard InChI is InChI=1S/C16H19F4NO3/c1-9(2)10(3)21(8-16(18,19)20)15(23)14(22)12-7-11(17)5-6-13(12)24-4/h5-7,9-10H,8H2,1-4H3/t10-/m0/s1. The van der Waals surface area contributed by atoms with Crippen molar-refractivity contribution >= 4 is 11.7 Å². The zero-order chi connectivity index (χ0) is 18.7. The number of Topliss-reactive ketones (excluding diaryl/α,β-unsaturated/α-hetero) is 1. The number of carbonyl (C=O) groups is 2. The number of hydrogen-bond donors (Lipinski definition) is 0. The van der Waals surface area contributed by atoms with E-state index in [4.69, 9.17) is 4.74 Å². The molecule has 0 N–H and O–H groups in total. The molecule has 0 radical (unpaired) electrons. The summed E-state index contributed by atoms with van der Waals surface area (Å²) >= 11 is 0. The van der Waals surface area contributed by atoms with Crippen LogP contribution in [-0.2, 0) is 4.79 Å². The molecule has 0 spiro atoms. The van der Waals surface area contributed by atoms with E-state index >= 15 is 0 Å². The van der Waals surface area contributed by atoms with E-state index in [1.807, 2.05) is 0 Å². The van der Waals surface area contributed by atoms with Gasteiger partial charge in [-0.3, -0.25) is 9.59 Å². The summed E-state index contributed by atoms with van der Waals surface area (Å²) in [6, 6.07) is 2.09. The predicted molar refractivity (Wildman–Crippen MR) is 79.4 cm³/mol. The van der Waals surface area contributed by atoms with E-state index < -0.39 is 41.8 Å². The first-order valence-corrected chi connectivity index (χ1v) is 7.23. The van der Waals surface area contributed by atoms with Crippen LogP contribution in [0.25, 0.3) is 0 Å². The van der Waals surface area contributed by atoms with Crippen molar-refractivity contribution in [2.75, 3.05) is 13.7 Å². The molecule has 1 aromatic rings. The maximum absolute atomic E-state index is 13.4. The van der Waals surface area contributed by atoms with E-state index in [0.717, 1.165) is 18.2 Å². The van der Waals surface area contributed by atoms with Gasteiger partial charge < -0.3 is 9.64 Å². The van der Waals surface area contributed by atoms with Gasteiger partial charge >= 0.3 is 6.18 Å². The van der Waals surface area contributed by atoms with Gasteiger partial charge in [-0.2, -0.15) is 13.2 Å². The number of amides is 1. The molecule has 1 atom stereocenters. The van der Waals surface area contributed by atoms with Crippen LogP contribution >= 0.6 is 0 Å². The lowest BCUT2D eigenvalue weighted by Crippen LogP contribution is -2.49. The van der Waals surface area contributed by atoms with E-state index in [1.54, 1.807) is 13.8 Å². The number of ketones is 1. The van der Waals surface area contributed by atoms with Crippen molar-refractivity contribution in [3.63, 3.8) is 0 Å². The molecule has 4 nitrogen and oxygen atoms in total. The highest BCUT2D eigenvalue weighted by Crippen LogP contribution is 2.24. The maximum atomic E-state index is 13.4. The molecule has 0 heterocycles. The lowest BCUT2D eigenvalue weighted by Gasteiger charge is -2.32. The van der Waals surface area contributed by atoms with E-state index in [0.29, 0.717) is 4.90 Å². The fourth-order valence-electron chi connectivity index (χ4n) is 2.06. The molecule has 0 saturated carbocycles. The molecule has 1 rings (SSSR count). The number of carbonyl (C=O) groups excluding carboxylic acids is 2. The lowest BCUT2D eigenvalue weighted by atomic mass is 10.0. The van der Waals surface area contributed by atoms with Crippen molar-refractivity contribution in [1.82, 2.24) is 4.90 Å². The maximum Gasteiger partial charge on any atom is 0.406 e. The van der Waals surface area contributed by atoms with Gasteiger partial charge in [0.1, 0.15) is 18.1 Å². The van der Waals surface area contributed by atoms with Crippen molar-refractivity contribution in [1.29, 1.82) is 0 Å². The Morgan fingerprint density at radius 2 is 1.79 bits per heavy atom. The van der Waals surface area contributed by atoms with Gasteiger partial charge in [0, 0.05) is 6.04 Å². The molecular weight excluding hydrogens is 330 g/mol. The summed E-state index contributed by atoms with van der Waals surface area (Å²) in [5.41, 5.74) is -0.411. The molecule has 0 saturated heterocycles. The fourth-order valence-corrected chi connectivity index (χ4v) is 2.06. The largest absolute Gasteiger partial charge is 0.496 e. The van der Waals surface area contributed by atoms with Crippen LogP contribution in [0.3, 0.4) is 0 Å². The summed E-state index contributed by atoms with van der Waals surface area (Å²) in [6.45, 7) is 3.13. The molecule has 134 valence electrons. The van der Waals surface area contributed by atoms with Crippen LogP contribution in [0.2, 0.25) is 0 Å². The number of methoxy groups -OCH3 is 1. The molecule has 0 unspecified atom stereocenters. The third-order valence-corrected chi connectivity index (χ3v) is 3.67. The highest BCUT2D eigenvalue weighted by Gasteiger charge is 2.39. The first-order chi connectivity index (χ1) is 11.0. The van der Waals surface area contributed by atoms with Crippen molar-refractivity contribution in [3.05, 3.63) is 29.6 Å². The van der Waals surface area contributed by atoms with Crippen LogP contribution in [0.15, 0.2) is 18.2 Å². The summed E-state index contributed by atoms with van der Waals surface area (Å²) in [7, 11) is 1.21. The lowest BCUT2D eigenvalue weighted by molar-refractivity contribution is -0.163. The number of rotatable bonds is 6. The highest BCUT2D eigenvalue weighted by atomic mass is 19.4. The van der Waals surface area contributed by atoms with Gasteiger partial charge in [-0.05, 0) is 31.0 Å². The molecule has 0 bridgehead atoms. The molecule has 1 amide bonds. The second kappa shape index (κ2) is 7.63. The van der Waals surface area contributed by atoms with Crippen LogP contribution in [-0.4, -0.2) is 42.5 Å².